The Labute approximate surface area is 189 Å². The van der Waals surface area contributed by atoms with Crippen LogP contribution in [0.2, 0.25) is 0 Å². The summed E-state index contributed by atoms with van der Waals surface area (Å²) in [5, 5.41) is 2.98. The first kappa shape index (κ1) is 21.1. The molecule has 2 amide bonds. The highest BCUT2D eigenvalue weighted by atomic mass is 16.5. The number of piperidine rings is 1. The highest BCUT2D eigenvalue weighted by Gasteiger charge is 2.44. The summed E-state index contributed by atoms with van der Waals surface area (Å²) in [6.07, 6.45) is 8.93. The minimum absolute atomic E-state index is 0.0205. The van der Waals surface area contributed by atoms with Gasteiger partial charge in [-0.2, -0.15) is 0 Å². The minimum Gasteiger partial charge on any atom is -0.487 e. The molecule has 2 aliphatic heterocycles. The van der Waals surface area contributed by atoms with Crippen LogP contribution in [0.5, 0.6) is 5.75 Å². The van der Waals surface area contributed by atoms with Gasteiger partial charge in [-0.25, -0.2) is 0 Å². The van der Waals surface area contributed by atoms with Gasteiger partial charge in [0.15, 0.2) is 0 Å². The van der Waals surface area contributed by atoms with Crippen LogP contribution in [0.3, 0.4) is 0 Å². The zero-order chi connectivity index (χ0) is 22.0. The molecule has 1 unspecified atom stereocenters. The fourth-order valence-electron chi connectivity index (χ4n) is 5.69. The second kappa shape index (κ2) is 9.00. The average molecular weight is 437 g/mol. The Bertz CT molecular complexity index is 940. The van der Waals surface area contributed by atoms with Crippen LogP contribution in [-0.4, -0.2) is 35.4 Å². The quantitative estimate of drug-likeness (QED) is 0.754. The second-order valence-corrected chi connectivity index (χ2v) is 9.59. The predicted molar refractivity (Wildman–Crippen MR) is 120 cm³/mol. The van der Waals surface area contributed by atoms with Gasteiger partial charge in [-0.05, 0) is 43.0 Å². The van der Waals surface area contributed by atoms with Gasteiger partial charge >= 0.3 is 0 Å². The van der Waals surface area contributed by atoms with E-state index in [4.69, 9.17) is 9.15 Å². The molecular formula is C26H32N2O4. The molecule has 1 spiro atoms. The molecule has 1 N–H and O–H groups in total. The number of nitrogens with one attached hydrogen (secondary N) is 1. The lowest BCUT2D eigenvalue weighted by molar-refractivity contribution is -0.139. The molecule has 32 heavy (non-hydrogen) atoms. The number of hydrogen-bond acceptors (Lipinski definition) is 4. The lowest BCUT2D eigenvalue weighted by Gasteiger charge is -2.47. The number of benzene rings is 1. The maximum atomic E-state index is 12.9. The van der Waals surface area contributed by atoms with Crippen molar-refractivity contribution in [3.05, 3.63) is 54.0 Å². The first-order valence-corrected chi connectivity index (χ1v) is 12.0. The van der Waals surface area contributed by atoms with Crippen LogP contribution >= 0.6 is 0 Å². The van der Waals surface area contributed by atoms with Crippen molar-refractivity contribution in [2.45, 2.75) is 69.4 Å². The summed E-state index contributed by atoms with van der Waals surface area (Å²) in [6.45, 7) is 1.89. The number of furan rings is 1. The van der Waals surface area contributed by atoms with Crippen molar-refractivity contribution in [1.82, 2.24) is 10.2 Å². The summed E-state index contributed by atoms with van der Waals surface area (Å²) in [4.78, 5) is 27.7. The van der Waals surface area contributed by atoms with Crippen LogP contribution in [0.15, 0.2) is 47.1 Å². The zero-order valence-electron chi connectivity index (χ0n) is 18.6. The molecule has 0 radical (unpaired) electrons. The molecule has 1 aromatic heterocycles. The number of fused-ring (bicyclic) bond motifs is 1. The van der Waals surface area contributed by atoms with Crippen molar-refractivity contribution in [2.24, 2.45) is 5.92 Å². The summed E-state index contributed by atoms with van der Waals surface area (Å²) in [5.41, 5.74) is 0.808. The second-order valence-electron chi connectivity index (χ2n) is 9.59. The van der Waals surface area contributed by atoms with E-state index in [0.29, 0.717) is 18.9 Å². The first-order valence-electron chi connectivity index (χ1n) is 12.0. The molecule has 1 atom stereocenters. The van der Waals surface area contributed by atoms with E-state index >= 15 is 0 Å². The monoisotopic (exact) mass is 436 g/mol. The lowest BCUT2D eigenvalue weighted by atomic mass is 9.76. The van der Waals surface area contributed by atoms with Crippen molar-refractivity contribution in [3.8, 4) is 5.75 Å². The van der Waals surface area contributed by atoms with E-state index in [-0.39, 0.29) is 23.3 Å². The number of hydrogen-bond donors (Lipinski definition) is 1. The molecule has 1 saturated carbocycles. The van der Waals surface area contributed by atoms with E-state index in [1.54, 1.807) is 6.26 Å². The Morgan fingerprint density at radius 1 is 1.06 bits per heavy atom. The zero-order valence-corrected chi connectivity index (χ0v) is 18.6. The van der Waals surface area contributed by atoms with E-state index in [9.17, 15) is 9.59 Å². The summed E-state index contributed by atoms with van der Waals surface area (Å²) in [7, 11) is 0. The number of nitrogens with zero attached hydrogens (tertiary/aromatic N) is 1. The SMILES string of the molecule is O=C(CC1CC2(CCN(C(=O)C3CCCC3)CC2)Oc2ccccc21)NCc1ccco1. The number of likely N-dealkylation sites (tertiary alicyclic amines) is 1. The number of para-hydroxylation sites is 1. The van der Waals surface area contributed by atoms with E-state index in [1.807, 2.05) is 30.3 Å². The fraction of sp³-hybridized carbons (Fsp3) is 0.538. The van der Waals surface area contributed by atoms with Crippen LogP contribution in [-0.2, 0) is 16.1 Å². The van der Waals surface area contributed by atoms with Crippen molar-refractivity contribution in [2.75, 3.05) is 13.1 Å². The van der Waals surface area contributed by atoms with Gasteiger partial charge in [0.25, 0.3) is 0 Å². The molecular weight excluding hydrogens is 404 g/mol. The van der Waals surface area contributed by atoms with E-state index in [1.165, 1.54) is 12.8 Å². The largest absolute Gasteiger partial charge is 0.487 e. The van der Waals surface area contributed by atoms with E-state index < -0.39 is 0 Å². The summed E-state index contributed by atoms with van der Waals surface area (Å²) in [6, 6.07) is 11.8. The van der Waals surface area contributed by atoms with Crippen LogP contribution < -0.4 is 10.1 Å². The highest BCUT2D eigenvalue weighted by Crippen LogP contribution is 2.46. The van der Waals surface area contributed by atoms with E-state index in [2.05, 4.69) is 16.3 Å². The normalized spacial score (nSPS) is 22.4. The number of ether oxygens (including phenoxy) is 1. The van der Waals surface area contributed by atoms with Crippen molar-refractivity contribution >= 4 is 11.8 Å². The Morgan fingerprint density at radius 3 is 2.59 bits per heavy atom. The molecule has 3 aliphatic rings. The third kappa shape index (κ3) is 4.41. The van der Waals surface area contributed by atoms with Gasteiger partial charge in [0, 0.05) is 44.2 Å². The van der Waals surface area contributed by atoms with Crippen LogP contribution in [0.25, 0.3) is 0 Å². The molecule has 0 bridgehead atoms. The predicted octanol–water partition coefficient (Wildman–Crippen LogP) is 4.40. The maximum Gasteiger partial charge on any atom is 0.225 e. The van der Waals surface area contributed by atoms with Crippen molar-refractivity contribution < 1.29 is 18.7 Å². The van der Waals surface area contributed by atoms with Gasteiger partial charge in [-0.1, -0.05) is 31.0 Å². The van der Waals surface area contributed by atoms with Gasteiger partial charge in [0.1, 0.15) is 17.1 Å². The lowest BCUT2D eigenvalue weighted by Crippen LogP contribution is -2.52. The van der Waals surface area contributed by atoms with Gasteiger partial charge in [-0.15, -0.1) is 0 Å². The number of carbonyl (C=O) groups is 2. The smallest absolute Gasteiger partial charge is 0.225 e. The van der Waals surface area contributed by atoms with Crippen LogP contribution in [0.1, 0.15) is 68.6 Å². The van der Waals surface area contributed by atoms with Crippen LogP contribution in [0, 0.1) is 5.92 Å². The van der Waals surface area contributed by atoms with Gasteiger partial charge < -0.3 is 19.4 Å². The Kier molecular flexibility index (Phi) is 5.94. The standard InChI is InChI=1S/C26H32N2O4/c29-24(27-18-21-8-5-15-31-21)16-20-17-26(32-23-10-4-3-9-22(20)23)11-13-28(14-12-26)25(30)19-6-1-2-7-19/h3-5,8-10,15,19-20H,1-2,6-7,11-14,16-18H2,(H,27,29). The molecule has 2 fully saturated rings. The topological polar surface area (TPSA) is 71.8 Å². The minimum atomic E-state index is -0.299. The van der Waals surface area contributed by atoms with Crippen LogP contribution in [0.4, 0.5) is 0 Å². The molecule has 6 heteroatoms. The molecule has 1 saturated heterocycles. The van der Waals surface area contributed by atoms with Gasteiger partial charge in [0.05, 0.1) is 12.8 Å². The Balaban J connectivity index is 1.25. The maximum absolute atomic E-state index is 12.9. The first-order chi connectivity index (χ1) is 15.6. The summed E-state index contributed by atoms with van der Waals surface area (Å²) < 4.78 is 11.9. The molecule has 1 aliphatic carbocycles. The van der Waals surface area contributed by atoms with E-state index in [0.717, 1.165) is 62.3 Å². The van der Waals surface area contributed by atoms with Crippen molar-refractivity contribution in [3.63, 3.8) is 0 Å². The fourth-order valence-corrected chi connectivity index (χ4v) is 5.69. The molecule has 2 aromatic rings. The highest BCUT2D eigenvalue weighted by molar-refractivity contribution is 5.79. The molecule has 6 nitrogen and oxygen atoms in total. The Morgan fingerprint density at radius 2 is 1.84 bits per heavy atom. The Hall–Kier alpha value is -2.76. The van der Waals surface area contributed by atoms with Gasteiger partial charge in [0.2, 0.25) is 11.8 Å². The third-order valence-electron chi connectivity index (χ3n) is 7.47. The molecule has 1 aromatic carbocycles. The number of amides is 2. The van der Waals surface area contributed by atoms with Crippen molar-refractivity contribution in [1.29, 1.82) is 0 Å². The molecule has 3 heterocycles. The summed E-state index contributed by atoms with van der Waals surface area (Å²) in [5.74, 6) is 2.32. The third-order valence-corrected chi connectivity index (χ3v) is 7.47. The molecule has 170 valence electrons. The summed E-state index contributed by atoms with van der Waals surface area (Å²) >= 11 is 0. The number of rotatable bonds is 5. The average Bonchev–Trinajstić information content (AvgIpc) is 3.52. The molecule has 5 rings (SSSR count). The number of carbonyl (C=O) groups excluding carboxylic acids is 2. The van der Waals surface area contributed by atoms with Gasteiger partial charge in [-0.3, -0.25) is 9.59 Å².